The van der Waals surface area contributed by atoms with E-state index in [9.17, 15) is 9.59 Å². The molecule has 0 atom stereocenters. The Bertz CT molecular complexity index is 516. The molecule has 0 bridgehead atoms. The molecule has 1 aromatic rings. The molecule has 0 heterocycles. The lowest BCUT2D eigenvalue weighted by Crippen LogP contribution is -2.20. The van der Waals surface area contributed by atoms with Gasteiger partial charge in [-0.1, -0.05) is 30.3 Å². The summed E-state index contributed by atoms with van der Waals surface area (Å²) in [6.45, 7) is 0.183. The second-order valence-corrected chi connectivity index (χ2v) is 5.21. The van der Waals surface area contributed by atoms with E-state index in [0.29, 0.717) is 0 Å². The number of nitrogens with zero attached hydrogens (tertiary/aromatic N) is 1. The zero-order valence-corrected chi connectivity index (χ0v) is 11.8. The van der Waals surface area contributed by atoms with Gasteiger partial charge in [0.05, 0.1) is 0 Å². The summed E-state index contributed by atoms with van der Waals surface area (Å²) in [4.78, 5) is 25.9. The first-order chi connectivity index (χ1) is 9.58. The summed E-state index contributed by atoms with van der Waals surface area (Å²) in [7, 11) is 3.56. The Balaban J connectivity index is 2.01. The van der Waals surface area contributed by atoms with Gasteiger partial charge in [-0.15, -0.1) is 0 Å². The van der Waals surface area contributed by atoms with Gasteiger partial charge in [0.25, 0.3) is 0 Å². The maximum Gasteiger partial charge on any atom is 0.343 e. The highest BCUT2D eigenvalue weighted by Crippen LogP contribution is 2.32. The molecule has 0 unspecified atom stereocenters. The van der Waals surface area contributed by atoms with E-state index in [2.05, 4.69) is 0 Å². The lowest BCUT2D eigenvalue weighted by atomic mass is 10.1. The number of ketones is 1. The molecular formula is C16H19NO3. The molecule has 0 radical (unpaired) electrons. The summed E-state index contributed by atoms with van der Waals surface area (Å²) >= 11 is 0. The van der Waals surface area contributed by atoms with Gasteiger partial charge in [0.2, 0.25) is 0 Å². The number of rotatable bonds is 6. The van der Waals surface area contributed by atoms with Crippen molar-refractivity contribution in [2.45, 2.75) is 19.4 Å². The van der Waals surface area contributed by atoms with E-state index in [1.165, 1.54) is 0 Å². The second kappa shape index (κ2) is 6.37. The van der Waals surface area contributed by atoms with Crippen LogP contribution in [0, 0.1) is 5.92 Å². The predicted molar refractivity (Wildman–Crippen MR) is 75.7 cm³/mol. The van der Waals surface area contributed by atoms with Crippen molar-refractivity contribution in [3.63, 3.8) is 0 Å². The molecule has 0 spiro atoms. The van der Waals surface area contributed by atoms with Crippen molar-refractivity contribution in [2.24, 2.45) is 5.92 Å². The minimum Gasteiger partial charge on any atom is -0.457 e. The number of hydrogen-bond acceptors (Lipinski definition) is 4. The van der Waals surface area contributed by atoms with E-state index in [0.717, 1.165) is 18.4 Å². The summed E-state index contributed by atoms with van der Waals surface area (Å²) in [5.74, 6) is -0.637. The lowest BCUT2D eigenvalue weighted by molar-refractivity contribution is -0.142. The first-order valence-electron chi connectivity index (χ1n) is 6.71. The zero-order chi connectivity index (χ0) is 14.5. The minimum atomic E-state index is -0.542. The Morgan fingerprint density at radius 2 is 1.90 bits per heavy atom. The van der Waals surface area contributed by atoms with Gasteiger partial charge < -0.3 is 9.64 Å². The molecule has 0 saturated heterocycles. The van der Waals surface area contributed by atoms with Gasteiger partial charge >= 0.3 is 5.97 Å². The van der Waals surface area contributed by atoms with Crippen LogP contribution in [0.1, 0.15) is 18.4 Å². The Hall–Kier alpha value is -2.10. The standard InChI is InChI=1S/C16H19NO3/c1-17(2)10-14(15(18)13-8-9-13)16(19)20-11-12-6-4-3-5-7-12/h3-7,10,13H,8-9,11H2,1-2H3/b14-10-. The van der Waals surface area contributed by atoms with Crippen LogP contribution in [-0.2, 0) is 20.9 Å². The van der Waals surface area contributed by atoms with Crippen LogP contribution in [0.3, 0.4) is 0 Å². The average molecular weight is 273 g/mol. The van der Waals surface area contributed by atoms with Crippen molar-refractivity contribution in [3.8, 4) is 0 Å². The maximum absolute atomic E-state index is 12.1. The van der Waals surface area contributed by atoms with Crippen molar-refractivity contribution in [2.75, 3.05) is 14.1 Å². The van der Waals surface area contributed by atoms with E-state index < -0.39 is 5.97 Å². The van der Waals surface area contributed by atoms with E-state index in [4.69, 9.17) is 4.74 Å². The van der Waals surface area contributed by atoms with E-state index in [1.807, 2.05) is 30.3 Å². The molecule has 4 heteroatoms. The fraction of sp³-hybridized carbons (Fsp3) is 0.375. The number of carbonyl (C=O) groups excluding carboxylic acids is 2. The predicted octanol–water partition coefficient (Wildman–Crippen LogP) is 2.15. The van der Waals surface area contributed by atoms with Crippen LogP contribution in [0.15, 0.2) is 42.1 Å². The number of ether oxygens (including phenoxy) is 1. The third kappa shape index (κ3) is 3.95. The number of hydrogen-bond donors (Lipinski definition) is 0. The van der Waals surface area contributed by atoms with Gasteiger partial charge in [-0.2, -0.15) is 0 Å². The van der Waals surface area contributed by atoms with Crippen molar-refractivity contribution in [3.05, 3.63) is 47.7 Å². The number of carbonyl (C=O) groups is 2. The van der Waals surface area contributed by atoms with Gasteiger partial charge in [-0.05, 0) is 18.4 Å². The molecule has 20 heavy (non-hydrogen) atoms. The van der Waals surface area contributed by atoms with Crippen molar-refractivity contribution < 1.29 is 14.3 Å². The molecular weight excluding hydrogens is 254 g/mol. The third-order valence-electron chi connectivity index (χ3n) is 3.03. The van der Waals surface area contributed by atoms with Crippen LogP contribution in [0.25, 0.3) is 0 Å². The van der Waals surface area contributed by atoms with E-state index >= 15 is 0 Å². The number of esters is 1. The summed E-state index contributed by atoms with van der Waals surface area (Å²) < 4.78 is 5.24. The molecule has 106 valence electrons. The van der Waals surface area contributed by atoms with Crippen LogP contribution in [0.4, 0.5) is 0 Å². The van der Waals surface area contributed by atoms with Crippen molar-refractivity contribution in [1.29, 1.82) is 0 Å². The SMILES string of the molecule is CN(C)/C=C(\C(=O)OCc1ccccc1)C(=O)C1CC1. The zero-order valence-electron chi connectivity index (χ0n) is 11.8. The molecule has 2 rings (SSSR count). The fourth-order valence-electron chi connectivity index (χ4n) is 1.84. The first kappa shape index (κ1) is 14.3. The van der Waals surface area contributed by atoms with Crippen LogP contribution in [0.5, 0.6) is 0 Å². The van der Waals surface area contributed by atoms with Crippen LogP contribution in [-0.4, -0.2) is 30.7 Å². The Morgan fingerprint density at radius 3 is 2.45 bits per heavy atom. The smallest absolute Gasteiger partial charge is 0.343 e. The summed E-state index contributed by atoms with van der Waals surface area (Å²) in [5, 5.41) is 0. The van der Waals surface area contributed by atoms with E-state index in [-0.39, 0.29) is 23.9 Å². The molecule has 0 N–H and O–H groups in total. The van der Waals surface area contributed by atoms with Crippen LogP contribution >= 0.6 is 0 Å². The molecule has 0 aromatic heterocycles. The molecule has 1 aromatic carbocycles. The van der Waals surface area contributed by atoms with Gasteiger partial charge in [0, 0.05) is 26.2 Å². The Morgan fingerprint density at radius 1 is 1.25 bits per heavy atom. The molecule has 1 fully saturated rings. The second-order valence-electron chi connectivity index (χ2n) is 5.21. The molecule has 1 saturated carbocycles. The summed E-state index contributed by atoms with van der Waals surface area (Å²) in [5.41, 5.74) is 1.05. The summed E-state index contributed by atoms with van der Waals surface area (Å²) in [6, 6.07) is 9.43. The first-order valence-corrected chi connectivity index (χ1v) is 6.71. The topological polar surface area (TPSA) is 46.6 Å². The number of benzene rings is 1. The minimum absolute atomic E-state index is 0.00507. The van der Waals surface area contributed by atoms with Gasteiger partial charge in [0.15, 0.2) is 5.78 Å². The largest absolute Gasteiger partial charge is 0.457 e. The molecule has 0 aliphatic heterocycles. The molecule has 4 nitrogen and oxygen atoms in total. The van der Waals surface area contributed by atoms with Crippen molar-refractivity contribution >= 4 is 11.8 Å². The molecule has 0 amide bonds. The highest BCUT2D eigenvalue weighted by molar-refractivity contribution is 6.18. The summed E-state index contributed by atoms with van der Waals surface area (Å²) in [6.07, 6.45) is 3.29. The molecule has 1 aliphatic carbocycles. The highest BCUT2D eigenvalue weighted by atomic mass is 16.5. The van der Waals surface area contributed by atoms with Gasteiger partial charge in [-0.3, -0.25) is 4.79 Å². The van der Waals surface area contributed by atoms with Crippen LogP contribution < -0.4 is 0 Å². The number of Topliss-reactive ketones (excluding diaryl/α,β-unsaturated/α-hetero) is 1. The Labute approximate surface area is 119 Å². The van der Waals surface area contributed by atoms with E-state index in [1.54, 1.807) is 25.2 Å². The van der Waals surface area contributed by atoms with Gasteiger partial charge in [-0.25, -0.2) is 4.79 Å². The monoisotopic (exact) mass is 273 g/mol. The van der Waals surface area contributed by atoms with Crippen molar-refractivity contribution in [1.82, 2.24) is 4.90 Å². The molecule has 1 aliphatic rings. The normalized spacial score (nSPS) is 14.8. The average Bonchev–Trinajstić information content (AvgIpc) is 3.27. The quantitative estimate of drug-likeness (QED) is 0.345. The Kier molecular flexibility index (Phi) is 4.56. The fourth-order valence-corrected chi connectivity index (χ4v) is 1.84. The third-order valence-corrected chi connectivity index (χ3v) is 3.03. The lowest BCUT2D eigenvalue weighted by Gasteiger charge is -2.11. The maximum atomic E-state index is 12.1. The van der Waals surface area contributed by atoms with Crippen LogP contribution in [0.2, 0.25) is 0 Å². The highest BCUT2D eigenvalue weighted by Gasteiger charge is 2.35. The van der Waals surface area contributed by atoms with Gasteiger partial charge in [0.1, 0.15) is 12.2 Å².